The van der Waals surface area contributed by atoms with Gasteiger partial charge in [-0.3, -0.25) is 0 Å². The van der Waals surface area contributed by atoms with Crippen LogP contribution in [0, 0.1) is 5.92 Å². The van der Waals surface area contributed by atoms with Crippen LogP contribution in [0.5, 0.6) is 5.75 Å². The number of hydrogen-bond acceptors (Lipinski definition) is 2. The highest BCUT2D eigenvalue weighted by Crippen LogP contribution is 2.45. The molecule has 0 aromatic heterocycles. The largest absolute Gasteiger partial charge is 0.463 e. The Morgan fingerprint density at radius 1 is 1.00 bits per heavy atom. The number of hydrogen-bond donors (Lipinski definition) is 0. The smallest absolute Gasteiger partial charge is 0.207 e. The molecule has 2 heteroatoms. The second kappa shape index (κ2) is 6.16. The molecule has 0 fully saturated rings. The number of anilines is 1. The second-order valence-electron chi connectivity index (χ2n) is 8.12. The summed E-state index contributed by atoms with van der Waals surface area (Å²) in [5.74, 6) is 1.65. The Kier molecular flexibility index (Phi) is 3.75. The highest BCUT2D eigenvalue weighted by Gasteiger charge is 2.45. The van der Waals surface area contributed by atoms with Gasteiger partial charge in [-0.1, -0.05) is 62.4 Å². The first kappa shape index (κ1) is 16.4. The fourth-order valence-electron chi connectivity index (χ4n) is 4.41. The van der Waals surface area contributed by atoms with E-state index in [0.29, 0.717) is 5.92 Å². The molecule has 2 aliphatic rings. The van der Waals surface area contributed by atoms with E-state index in [2.05, 4.69) is 91.6 Å². The van der Waals surface area contributed by atoms with Gasteiger partial charge in [0.05, 0.1) is 0 Å². The van der Waals surface area contributed by atoms with E-state index in [9.17, 15) is 0 Å². The molecule has 2 heterocycles. The number of fused-ring (bicyclic) bond motifs is 4. The van der Waals surface area contributed by atoms with Crippen LogP contribution in [0.15, 0.2) is 66.7 Å². The minimum absolute atomic E-state index is 0.409. The van der Waals surface area contributed by atoms with Crippen molar-refractivity contribution in [3.8, 4) is 5.75 Å². The molecule has 0 saturated carbocycles. The Morgan fingerprint density at radius 2 is 1.81 bits per heavy atom. The average molecular weight is 355 g/mol. The molecular weight excluding hydrogens is 330 g/mol. The topological polar surface area (TPSA) is 12.5 Å². The van der Waals surface area contributed by atoms with Crippen LogP contribution < -0.4 is 9.64 Å². The van der Waals surface area contributed by atoms with Crippen molar-refractivity contribution in [2.24, 2.45) is 5.92 Å². The Bertz CT molecular complexity index is 1040. The molecule has 0 aliphatic carbocycles. The average Bonchev–Trinajstić information content (AvgIpc) is 2.98. The van der Waals surface area contributed by atoms with Crippen molar-refractivity contribution >= 4 is 22.5 Å². The van der Waals surface area contributed by atoms with E-state index >= 15 is 0 Å². The lowest BCUT2D eigenvalue weighted by Crippen LogP contribution is -2.51. The minimum atomic E-state index is -0.409. The van der Waals surface area contributed by atoms with E-state index in [1.54, 1.807) is 0 Å². The quantitative estimate of drug-likeness (QED) is 0.567. The third-order valence-electron chi connectivity index (χ3n) is 5.84. The Hall–Kier alpha value is -2.74. The lowest BCUT2D eigenvalue weighted by atomic mass is 9.97. The van der Waals surface area contributed by atoms with Crippen LogP contribution in [-0.2, 0) is 6.42 Å². The monoisotopic (exact) mass is 355 g/mol. The summed E-state index contributed by atoms with van der Waals surface area (Å²) in [4.78, 5) is 2.47. The number of benzene rings is 3. The normalized spacial score (nSPS) is 20.2. The van der Waals surface area contributed by atoms with Gasteiger partial charge in [0.2, 0.25) is 5.72 Å². The van der Waals surface area contributed by atoms with Gasteiger partial charge in [-0.2, -0.15) is 0 Å². The maximum Gasteiger partial charge on any atom is 0.207 e. The van der Waals surface area contributed by atoms with Crippen LogP contribution >= 0.6 is 0 Å². The van der Waals surface area contributed by atoms with Gasteiger partial charge in [-0.05, 0) is 53.0 Å². The molecule has 2 aliphatic heterocycles. The Balaban J connectivity index is 1.59. The maximum atomic E-state index is 6.76. The van der Waals surface area contributed by atoms with E-state index in [0.717, 1.165) is 25.1 Å². The summed E-state index contributed by atoms with van der Waals surface area (Å²) in [5, 5.41) is 2.51. The third-order valence-corrected chi connectivity index (χ3v) is 5.84. The van der Waals surface area contributed by atoms with E-state index < -0.39 is 5.72 Å². The van der Waals surface area contributed by atoms with Gasteiger partial charge in [-0.25, -0.2) is 0 Å². The fourth-order valence-corrected chi connectivity index (χ4v) is 4.41. The molecule has 0 amide bonds. The number of nitrogens with zero attached hydrogens (tertiary/aromatic N) is 1. The molecule has 5 rings (SSSR count). The Labute approximate surface area is 161 Å². The summed E-state index contributed by atoms with van der Waals surface area (Å²) in [6.45, 7) is 5.57. The van der Waals surface area contributed by atoms with Gasteiger partial charge >= 0.3 is 0 Å². The van der Waals surface area contributed by atoms with E-state index in [-0.39, 0.29) is 0 Å². The molecule has 1 spiro atoms. The predicted molar refractivity (Wildman–Crippen MR) is 113 cm³/mol. The van der Waals surface area contributed by atoms with Gasteiger partial charge in [0.25, 0.3) is 0 Å². The third kappa shape index (κ3) is 2.63. The summed E-state index contributed by atoms with van der Waals surface area (Å²) in [6, 6.07) is 21.6. The van der Waals surface area contributed by atoms with Crippen molar-refractivity contribution in [2.75, 3.05) is 11.4 Å². The lowest BCUT2D eigenvalue weighted by Gasteiger charge is -2.41. The highest BCUT2D eigenvalue weighted by molar-refractivity contribution is 5.94. The number of ether oxygens (including phenoxy) is 1. The summed E-state index contributed by atoms with van der Waals surface area (Å²) in [6.07, 6.45) is 6.60. The molecule has 1 unspecified atom stereocenters. The van der Waals surface area contributed by atoms with E-state index in [4.69, 9.17) is 4.74 Å². The maximum absolute atomic E-state index is 6.76. The van der Waals surface area contributed by atoms with Crippen molar-refractivity contribution in [1.29, 1.82) is 0 Å². The van der Waals surface area contributed by atoms with Crippen LogP contribution in [-0.4, -0.2) is 12.3 Å². The van der Waals surface area contributed by atoms with Crippen LogP contribution in [0.2, 0.25) is 0 Å². The highest BCUT2D eigenvalue weighted by atomic mass is 16.5. The standard InChI is InChI=1S/C25H25NO/c1-18(2)14-16-26-23-10-6-4-8-20(23)17-25(26)15-13-22-21-9-5-3-7-19(21)11-12-24(22)27-25/h3-13,15,18H,14,16-17H2,1-2H3. The SMILES string of the molecule is CC(C)CCN1c2ccccc2CC12C=Cc1c(ccc3ccccc13)O2. The van der Waals surface area contributed by atoms with Gasteiger partial charge < -0.3 is 9.64 Å². The first-order chi connectivity index (χ1) is 13.2. The molecular formula is C25H25NO. The summed E-state index contributed by atoms with van der Waals surface area (Å²) < 4.78 is 6.76. The molecule has 27 heavy (non-hydrogen) atoms. The van der Waals surface area contributed by atoms with Crippen LogP contribution in [0.3, 0.4) is 0 Å². The molecule has 3 aromatic carbocycles. The molecule has 0 radical (unpaired) electrons. The molecule has 0 saturated heterocycles. The first-order valence-electron chi connectivity index (χ1n) is 9.92. The molecule has 0 bridgehead atoms. The lowest BCUT2D eigenvalue weighted by molar-refractivity contribution is 0.121. The van der Waals surface area contributed by atoms with Gasteiger partial charge in [0, 0.05) is 24.2 Å². The Morgan fingerprint density at radius 3 is 2.70 bits per heavy atom. The van der Waals surface area contributed by atoms with Crippen molar-refractivity contribution in [2.45, 2.75) is 32.4 Å². The number of para-hydroxylation sites is 1. The van der Waals surface area contributed by atoms with Crippen LogP contribution in [0.1, 0.15) is 31.4 Å². The summed E-state index contributed by atoms with van der Waals surface area (Å²) in [5.41, 5.74) is 3.47. The van der Waals surface area contributed by atoms with Gasteiger partial charge in [0.1, 0.15) is 5.75 Å². The molecule has 1 atom stereocenters. The van der Waals surface area contributed by atoms with E-state index in [1.807, 2.05) is 0 Å². The van der Waals surface area contributed by atoms with Gasteiger partial charge in [-0.15, -0.1) is 0 Å². The summed E-state index contributed by atoms with van der Waals surface area (Å²) in [7, 11) is 0. The zero-order chi connectivity index (χ0) is 18.4. The van der Waals surface area contributed by atoms with Crippen LogP contribution in [0.25, 0.3) is 16.8 Å². The number of rotatable bonds is 3. The van der Waals surface area contributed by atoms with Crippen molar-refractivity contribution in [3.63, 3.8) is 0 Å². The molecule has 0 N–H and O–H groups in total. The first-order valence-corrected chi connectivity index (χ1v) is 9.92. The van der Waals surface area contributed by atoms with Crippen molar-refractivity contribution in [3.05, 3.63) is 77.9 Å². The van der Waals surface area contributed by atoms with E-state index in [1.165, 1.54) is 27.6 Å². The second-order valence-corrected chi connectivity index (χ2v) is 8.12. The molecule has 2 nitrogen and oxygen atoms in total. The predicted octanol–water partition coefficient (Wildman–Crippen LogP) is 6.05. The zero-order valence-electron chi connectivity index (χ0n) is 16.0. The minimum Gasteiger partial charge on any atom is -0.463 e. The van der Waals surface area contributed by atoms with Gasteiger partial charge in [0.15, 0.2) is 0 Å². The summed E-state index contributed by atoms with van der Waals surface area (Å²) >= 11 is 0. The van der Waals surface area contributed by atoms with Crippen molar-refractivity contribution in [1.82, 2.24) is 0 Å². The van der Waals surface area contributed by atoms with Crippen LogP contribution in [0.4, 0.5) is 5.69 Å². The van der Waals surface area contributed by atoms with Crippen molar-refractivity contribution < 1.29 is 4.74 Å². The molecule has 136 valence electrons. The zero-order valence-corrected chi connectivity index (χ0v) is 16.0. The fraction of sp³-hybridized carbons (Fsp3) is 0.280. The molecule has 3 aromatic rings.